The van der Waals surface area contributed by atoms with E-state index in [1.807, 2.05) is 12.1 Å². The summed E-state index contributed by atoms with van der Waals surface area (Å²) in [5.41, 5.74) is 11.1. The van der Waals surface area contributed by atoms with Crippen molar-refractivity contribution in [1.29, 1.82) is 0 Å². The van der Waals surface area contributed by atoms with Crippen LogP contribution in [-0.4, -0.2) is 0 Å². The fraction of sp³-hybridized carbons (Fsp3) is 0.400. The minimum atomic E-state index is 0.175. The lowest BCUT2D eigenvalue weighted by atomic mass is 9.63. The van der Waals surface area contributed by atoms with E-state index in [0.717, 1.165) is 11.6 Å². The summed E-state index contributed by atoms with van der Waals surface area (Å²) in [6.07, 6.45) is 5.08. The van der Waals surface area contributed by atoms with Crippen LogP contribution in [0.25, 0.3) is 0 Å². The molecular weight excluding hydrogens is 254 g/mol. The summed E-state index contributed by atoms with van der Waals surface area (Å²) < 4.78 is 0. The number of rotatable bonds is 2. The quantitative estimate of drug-likeness (QED) is 0.763. The monoisotopic (exact) mass is 279 g/mol. The maximum atomic E-state index is 5.88. The lowest BCUT2D eigenvalue weighted by Gasteiger charge is -2.41. The number of benzene rings is 2. The second-order valence-corrected chi connectivity index (χ2v) is 6.75. The number of nitrogens with two attached hydrogens (primary N) is 1. The van der Waals surface area contributed by atoms with Crippen LogP contribution in [0.4, 0.5) is 5.69 Å². The predicted molar refractivity (Wildman–Crippen MR) is 90.4 cm³/mol. The van der Waals surface area contributed by atoms with Gasteiger partial charge in [0, 0.05) is 11.1 Å². The van der Waals surface area contributed by atoms with E-state index in [0.29, 0.717) is 0 Å². The zero-order valence-corrected chi connectivity index (χ0v) is 13.1. The Morgan fingerprint density at radius 1 is 0.857 bits per heavy atom. The molecule has 0 aromatic heterocycles. The largest absolute Gasteiger partial charge is 0.399 e. The average Bonchev–Trinajstić information content (AvgIpc) is 2.50. The third kappa shape index (κ3) is 2.70. The molecule has 1 saturated carbocycles. The second-order valence-electron chi connectivity index (χ2n) is 6.75. The Balaban J connectivity index is 2.06. The van der Waals surface area contributed by atoms with Crippen LogP contribution >= 0.6 is 0 Å². The van der Waals surface area contributed by atoms with Gasteiger partial charge in [-0.15, -0.1) is 0 Å². The maximum absolute atomic E-state index is 5.88. The van der Waals surface area contributed by atoms with E-state index in [9.17, 15) is 0 Å². The lowest BCUT2D eigenvalue weighted by molar-refractivity contribution is 0.280. The molecule has 0 spiro atoms. The van der Waals surface area contributed by atoms with E-state index in [-0.39, 0.29) is 5.41 Å². The van der Waals surface area contributed by atoms with Crippen molar-refractivity contribution >= 4 is 5.69 Å². The third-order valence-corrected chi connectivity index (χ3v) is 5.20. The van der Waals surface area contributed by atoms with Crippen molar-refractivity contribution in [3.05, 3.63) is 65.2 Å². The molecule has 1 aliphatic carbocycles. The van der Waals surface area contributed by atoms with E-state index in [4.69, 9.17) is 5.73 Å². The Morgan fingerprint density at radius 3 is 1.86 bits per heavy atom. The molecule has 1 fully saturated rings. The summed E-state index contributed by atoms with van der Waals surface area (Å²) >= 11 is 0. The number of anilines is 1. The summed E-state index contributed by atoms with van der Waals surface area (Å²) in [6, 6.07) is 17.7. The summed E-state index contributed by atoms with van der Waals surface area (Å²) in [5.74, 6) is 0.845. The molecule has 3 rings (SSSR count). The number of hydrogen-bond acceptors (Lipinski definition) is 1. The van der Waals surface area contributed by atoms with Crippen molar-refractivity contribution in [3.63, 3.8) is 0 Å². The minimum absolute atomic E-state index is 0.175. The molecular formula is C20H25N. The smallest absolute Gasteiger partial charge is 0.0314 e. The molecule has 2 aromatic carbocycles. The fourth-order valence-corrected chi connectivity index (χ4v) is 3.67. The number of hydrogen-bond donors (Lipinski definition) is 1. The van der Waals surface area contributed by atoms with Gasteiger partial charge in [0.1, 0.15) is 0 Å². The van der Waals surface area contributed by atoms with Gasteiger partial charge in [-0.3, -0.25) is 0 Å². The molecule has 2 aromatic rings. The normalized spacial score (nSPS) is 25.7. The first-order chi connectivity index (χ1) is 10.1. The zero-order chi connectivity index (χ0) is 14.9. The molecule has 0 unspecified atom stereocenters. The van der Waals surface area contributed by atoms with Crippen molar-refractivity contribution < 1.29 is 0 Å². The standard InChI is InChI=1S/C20H25N/c1-15-3-5-17(6-4-15)20(13-11-16(2)12-14-20)18-7-9-19(21)10-8-18/h3-10,16H,11-14,21H2,1-2H3. The van der Waals surface area contributed by atoms with Gasteiger partial charge in [0.25, 0.3) is 0 Å². The summed E-state index contributed by atoms with van der Waals surface area (Å²) in [5, 5.41) is 0. The average molecular weight is 279 g/mol. The fourth-order valence-electron chi connectivity index (χ4n) is 3.67. The molecule has 0 saturated heterocycles. The Bertz CT molecular complexity index is 539. The molecule has 110 valence electrons. The van der Waals surface area contributed by atoms with Crippen LogP contribution in [0.3, 0.4) is 0 Å². The van der Waals surface area contributed by atoms with Crippen LogP contribution in [-0.2, 0) is 5.41 Å². The molecule has 2 N–H and O–H groups in total. The van der Waals surface area contributed by atoms with Crippen molar-refractivity contribution in [2.45, 2.75) is 44.9 Å². The molecule has 0 atom stereocenters. The molecule has 1 nitrogen and oxygen atoms in total. The van der Waals surface area contributed by atoms with Crippen LogP contribution in [0.1, 0.15) is 49.3 Å². The lowest BCUT2D eigenvalue weighted by Crippen LogP contribution is -2.32. The second kappa shape index (κ2) is 5.55. The molecule has 0 radical (unpaired) electrons. The van der Waals surface area contributed by atoms with E-state index in [2.05, 4.69) is 50.2 Å². The molecule has 1 aliphatic rings. The molecule has 0 aliphatic heterocycles. The Hall–Kier alpha value is -1.76. The predicted octanol–water partition coefficient (Wildman–Crippen LogP) is 5.07. The topological polar surface area (TPSA) is 26.0 Å². The van der Waals surface area contributed by atoms with E-state index in [1.54, 1.807) is 0 Å². The van der Waals surface area contributed by atoms with Gasteiger partial charge in [0.05, 0.1) is 0 Å². The first-order valence-corrected chi connectivity index (χ1v) is 8.03. The van der Waals surface area contributed by atoms with Crippen molar-refractivity contribution in [2.75, 3.05) is 5.73 Å². The number of aryl methyl sites for hydroxylation is 1. The molecule has 0 amide bonds. The minimum Gasteiger partial charge on any atom is -0.399 e. The molecule has 0 heterocycles. The highest BCUT2D eigenvalue weighted by atomic mass is 14.5. The van der Waals surface area contributed by atoms with E-state index >= 15 is 0 Å². The van der Waals surface area contributed by atoms with E-state index in [1.165, 1.54) is 42.4 Å². The molecule has 0 bridgehead atoms. The summed E-state index contributed by atoms with van der Waals surface area (Å²) in [4.78, 5) is 0. The van der Waals surface area contributed by atoms with Gasteiger partial charge in [-0.25, -0.2) is 0 Å². The number of nitrogen functional groups attached to an aromatic ring is 1. The van der Waals surface area contributed by atoms with Gasteiger partial charge in [-0.05, 0) is 61.8 Å². The first kappa shape index (κ1) is 14.2. The Kier molecular flexibility index (Phi) is 3.75. The summed E-state index contributed by atoms with van der Waals surface area (Å²) in [6.45, 7) is 4.53. The van der Waals surface area contributed by atoms with Gasteiger partial charge < -0.3 is 5.73 Å². The van der Waals surface area contributed by atoms with Gasteiger partial charge in [0.15, 0.2) is 0 Å². The van der Waals surface area contributed by atoms with Crippen molar-refractivity contribution in [2.24, 2.45) is 5.92 Å². The highest BCUT2D eigenvalue weighted by molar-refractivity contribution is 5.46. The Morgan fingerprint density at radius 2 is 1.33 bits per heavy atom. The maximum Gasteiger partial charge on any atom is 0.0314 e. The van der Waals surface area contributed by atoms with Crippen LogP contribution in [0.15, 0.2) is 48.5 Å². The third-order valence-electron chi connectivity index (χ3n) is 5.20. The van der Waals surface area contributed by atoms with Crippen LogP contribution in [0, 0.1) is 12.8 Å². The van der Waals surface area contributed by atoms with Crippen LogP contribution < -0.4 is 5.73 Å². The highest BCUT2D eigenvalue weighted by Gasteiger charge is 2.37. The van der Waals surface area contributed by atoms with Gasteiger partial charge in [-0.1, -0.05) is 48.9 Å². The first-order valence-electron chi connectivity index (χ1n) is 8.03. The van der Waals surface area contributed by atoms with Crippen LogP contribution in [0.2, 0.25) is 0 Å². The van der Waals surface area contributed by atoms with Gasteiger partial charge in [0.2, 0.25) is 0 Å². The van der Waals surface area contributed by atoms with Gasteiger partial charge >= 0.3 is 0 Å². The molecule has 1 heteroatoms. The zero-order valence-electron chi connectivity index (χ0n) is 13.1. The van der Waals surface area contributed by atoms with Crippen molar-refractivity contribution in [1.82, 2.24) is 0 Å². The summed E-state index contributed by atoms with van der Waals surface area (Å²) in [7, 11) is 0. The molecule has 21 heavy (non-hydrogen) atoms. The van der Waals surface area contributed by atoms with E-state index < -0.39 is 0 Å². The Labute approximate surface area is 128 Å². The van der Waals surface area contributed by atoms with Crippen LogP contribution in [0.5, 0.6) is 0 Å². The highest BCUT2D eigenvalue weighted by Crippen LogP contribution is 2.46. The van der Waals surface area contributed by atoms with Crippen molar-refractivity contribution in [3.8, 4) is 0 Å². The SMILES string of the molecule is Cc1ccc(C2(c3ccc(N)cc3)CCC(C)CC2)cc1. The van der Waals surface area contributed by atoms with Gasteiger partial charge in [-0.2, -0.15) is 0 Å².